The first-order valence-corrected chi connectivity index (χ1v) is 10.4. The summed E-state index contributed by atoms with van der Waals surface area (Å²) in [5.74, 6) is 1.56. The van der Waals surface area contributed by atoms with Crippen molar-refractivity contribution in [2.45, 2.75) is 51.6 Å². The summed E-state index contributed by atoms with van der Waals surface area (Å²) in [6.45, 7) is 10.4. The third kappa shape index (κ3) is 6.22. The van der Waals surface area contributed by atoms with Gasteiger partial charge in [-0.25, -0.2) is 0 Å². The van der Waals surface area contributed by atoms with Crippen molar-refractivity contribution in [1.82, 2.24) is 15.5 Å². The van der Waals surface area contributed by atoms with Crippen molar-refractivity contribution in [2.24, 2.45) is 10.9 Å². The van der Waals surface area contributed by atoms with E-state index >= 15 is 0 Å². The SMILES string of the molecule is CCC(CC)(CNC(=NC)N(C)CC1CCOC1)NC(C)c1ccccc1. The fraction of sp³-hybridized carbons (Fsp3) is 0.682. The number of aliphatic imine (C=N–C) groups is 1. The minimum atomic E-state index is 0.0303. The van der Waals surface area contributed by atoms with E-state index in [-0.39, 0.29) is 5.54 Å². The van der Waals surface area contributed by atoms with Crippen molar-refractivity contribution >= 4 is 5.96 Å². The van der Waals surface area contributed by atoms with Gasteiger partial charge in [-0.3, -0.25) is 4.99 Å². The topological polar surface area (TPSA) is 48.9 Å². The van der Waals surface area contributed by atoms with E-state index in [1.807, 2.05) is 7.05 Å². The van der Waals surface area contributed by atoms with Gasteiger partial charge in [0.25, 0.3) is 0 Å². The summed E-state index contributed by atoms with van der Waals surface area (Å²) in [5, 5.41) is 7.50. The lowest BCUT2D eigenvalue weighted by Gasteiger charge is -2.37. The highest BCUT2D eigenvalue weighted by Gasteiger charge is 2.29. The normalized spacial score (nSPS) is 19.1. The highest BCUT2D eigenvalue weighted by atomic mass is 16.5. The smallest absolute Gasteiger partial charge is 0.193 e. The summed E-state index contributed by atoms with van der Waals surface area (Å²) < 4.78 is 5.51. The fourth-order valence-corrected chi connectivity index (χ4v) is 3.87. The van der Waals surface area contributed by atoms with Crippen molar-refractivity contribution in [1.29, 1.82) is 0 Å². The second-order valence-electron chi connectivity index (χ2n) is 7.78. The Morgan fingerprint density at radius 3 is 2.56 bits per heavy atom. The molecule has 5 heteroatoms. The molecule has 0 aromatic heterocycles. The van der Waals surface area contributed by atoms with Crippen LogP contribution >= 0.6 is 0 Å². The average Bonchev–Trinajstić information content (AvgIpc) is 3.21. The predicted molar refractivity (Wildman–Crippen MR) is 114 cm³/mol. The van der Waals surface area contributed by atoms with Gasteiger partial charge in [-0.2, -0.15) is 0 Å². The first-order chi connectivity index (χ1) is 13.0. The van der Waals surface area contributed by atoms with Crippen LogP contribution in [-0.4, -0.2) is 56.8 Å². The summed E-state index contributed by atoms with van der Waals surface area (Å²) in [6, 6.07) is 11.0. The predicted octanol–water partition coefficient (Wildman–Crippen LogP) is 3.44. The summed E-state index contributed by atoms with van der Waals surface area (Å²) in [4.78, 5) is 6.73. The number of ether oxygens (including phenoxy) is 1. The zero-order valence-corrected chi connectivity index (χ0v) is 17.8. The second-order valence-corrected chi connectivity index (χ2v) is 7.78. The molecule has 2 unspecified atom stereocenters. The van der Waals surface area contributed by atoms with Gasteiger partial charge in [0.05, 0.1) is 6.61 Å². The van der Waals surface area contributed by atoms with Gasteiger partial charge in [0, 0.05) is 51.3 Å². The van der Waals surface area contributed by atoms with E-state index in [0.717, 1.165) is 51.5 Å². The van der Waals surface area contributed by atoms with Crippen LogP contribution in [0.15, 0.2) is 35.3 Å². The van der Waals surface area contributed by atoms with Crippen LogP contribution in [0.3, 0.4) is 0 Å². The van der Waals surface area contributed by atoms with Gasteiger partial charge in [-0.05, 0) is 31.7 Å². The van der Waals surface area contributed by atoms with Gasteiger partial charge >= 0.3 is 0 Å². The molecule has 0 saturated carbocycles. The molecule has 2 rings (SSSR count). The third-order valence-corrected chi connectivity index (χ3v) is 5.89. The van der Waals surface area contributed by atoms with Gasteiger partial charge in [0.1, 0.15) is 0 Å². The molecule has 2 atom stereocenters. The molecular weight excluding hydrogens is 336 g/mol. The van der Waals surface area contributed by atoms with Crippen LogP contribution in [0.25, 0.3) is 0 Å². The van der Waals surface area contributed by atoms with Crippen LogP contribution in [0.4, 0.5) is 0 Å². The van der Waals surface area contributed by atoms with Crippen LogP contribution in [0, 0.1) is 5.92 Å². The van der Waals surface area contributed by atoms with Crippen LogP contribution in [-0.2, 0) is 4.74 Å². The van der Waals surface area contributed by atoms with Gasteiger partial charge < -0.3 is 20.3 Å². The lowest BCUT2D eigenvalue weighted by molar-refractivity contribution is 0.181. The largest absolute Gasteiger partial charge is 0.381 e. The Balaban J connectivity index is 1.96. The van der Waals surface area contributed by atoms with Crippen molar-refractivity contribution in [3.05, 3.63) is 35.9 Å². The van der Waals surface area contributed by atoms with E-state index in [9.17, 15) is 0 Å². The highest BCUT2D eigenvalue weighted by Crippen LogP contribution is 2.21. The lowest BCUT2D eigenvalue weighted by Crippen LogP contribution is -2.55. The molecule has 1 aromatic carbocycles. The summed E-state index contributed by atoms with van der Waals surface area (Å²) in [5.41, 5.74) is 1.36. The van der Waals surface area contributed by atoms with Crippen molar-refractivity contribution in [3.8, 4) is 0 Å². The molecule has 1 aliphatic heterocycles. The molecule has 0 radical (unpaired) electrons. The third-order valence-electron chi connectivity index (χ3n) is 5.89. The van der Waals surface area contributed by atoms with Gasteiger partial charge in [0.15, 0.2) is 5.96 Å². The number of rotatable bonds is 9. The standard InChI is InChI=1S/C22H38N4O/c1-6-22(7-2,25-18(3)20-11-9-8-10-12-20)17-24-21(23-4)26(5)15-19-13-14-27-16-19/h8-12,18-19,25H,6-7,13-17H2,1-5H3,(H,23,24). The molecule has 1 aliphatic rings. The zero-order chi connectivity index (χ0) is 19.7. The first kappa shape index (κ1) is 21.7. The van der Waals surface area contributed by atoms with Gasteiger partial charge in [-0.15, -0.1) is 0 Å². The number of benzene rings is 1. The van der Waals surface area contributed by atoms with E-state index in [2.05, 4.69) is 78.7 Å². The van der Waals surface area contributed by atoms with E-state index < -0.39 is 0 Å². The lowest BCUT2D eigenvalue weighted by atomic mass is 9.90. The Bertz CT molecular complexity index is 565. The van der Waals surface area contributed by atoms with Crippen LogP contribution in [0.5, 0.6) is 0 Å². The number of guanidine groups is 1. The maximum absolute atomic E-state index is 5.51. The van der Waals surface area contributed by atoms with Crippen molar-refractivity contribution in [2.75, 3.05) is 40.4 Å². The Kier molecular flexibility index (Phi) is 8.58. The minimum Gasteiger partial charge on any atom is -0.381 e. The summed E-state index contributed by atoms with van der Waals surface area (Å²) in [7, 11) is 3.98. The minimum absolute atomic E-state index is 0.0303. The number of hydrogen-bond donors (Lipinski definition) is 2. The summed E-state index contributed by atoms with van der Waals surface area (Å²) in [6.07, 6.45) is 3.26. The van der Waals surface area contributed by atoms with Crippen LogP contribution < -0.4 is 10.6 Å². The molecule has 2 N–H and O–H groups in total. The quantitative estimate of drug-likeness (QED) is 0.513. The number of hydrogen-bond acceptors (Lipinski definition) is 3. The highest BCUT2D eigenvalue weighted by molar-refractivity contribution is 5.79. The van der Waals surface area contributed by atoms with Crippen molar-refractivity contribution in [3.63, 3.8) is 0 Å². The first-order valence-electron chi connectivity index (χ1n) is 10.4. The average molecular weight is 375 g/mol. The molecule has 0 spiro atoms. The Hall–Kier alpha value is -1.59. The number of nitrogens with one attached hydrogen (secondary N) is 2. The molecule has 1 aromatic rings. The van der Waals surface area contributed by atoms with Crippen molar-refractivity contribution < 1.29 is 4.74 Å². The molecule has 5 nitrogen and oxygen atoms in total. The fourth-order valence-electron chi connectivity index (χ4n) is 3.87. The molecule has 0 amide bonds. The molecule has 1 heterocycles. The van der Waals surface area contributed by atoms with E-state index in [0.29, 0.717) is 12.0 Å². The molecule has 0 bridgehead atoms. The van der Waals surface area contributed by atoms with E-state index in [4.69, 9.17) is 4.74 Å². The van der Waals surface area contributed by atoms with E-state index in [1.54, 1.807) is 0 Å². The van der Waals surface area contributed by atoms with E-state index in [1.165, 1.54) is 5.56 Å². The van der Waals surface area contributed by atoms with Gasteiger partial charge in [0.2, 0.25) is 0 Å². The maximum Gasteiger partial charge on any atom is 0.193 e. The molecular formula is C22H38N4O. The Morgan fingerprint density at radius 1 is 1.30 bits per heavy atom. The molecule has 1 saturated heterocycles. The van der Waals surface area contributed by atoms with Gasteiger partial charge in [-0.1, -0.05) is 44.2 Å². The molecule has 27 heavy (non-hydrogen) atoms. The molecule has 152 valence electrons. The number of nitrogens with zero attached hydrogens (tertiary/aromatic N) is 2. The molecule has 1 fully saturated rings. The molecule has 0 aliphatic carbocycles. The van der Waals surface area contributed by atoms with Crippen LogP contribution in [0.1, 0.15) is 51.6 Å². The monoisotopic (exact) mass is 374 g/mol. The maximum atomic E-state index is 5.51. The Labute approximate surface area is 165 Å². The Morgan fingerprint density at radius 2 is 2.00 bits per heavy atom. The van der Waals surface area contributed by atoms with Crippen LogP contribution in [0.2, 0.25) is 0 Å². The second kappa shape index (κ2) is 10.7. The zero-order valence-electron chi connectivity index (χ0n) is 17.8. The summed E-state index contributed by atoms with van der Waals surface area (Å²) >= 11 is 0.